The smallest absolute Gasteiger partial charge is 0.243 e. The Bertz CT molecular complexity index is 1940. The van der Waals surface area contributed by atoms with Crippen molar-refractivity contribution in [3.63, 3.8) is 0 Å². The quantitative estimate of drug-likeness (QED) is 0.112. The predicted octanol–water partition coefficient (Wildman–Crippen LogP) is 5.80. The number of imidazole rings is 1. The highest BCUT2D eigenvalue weighted by molar-refractivity contribution is 7.98. The second-order valence-corrected chi connectivity index (χ2v) is 16.7. The van der Waals surface area contributed by atoms with Gasteiger partial charge in [0.2, 0.25) is 10.0 Å². The van der Waals surface area contributed by atoms with Crippen LogP contribution in [0.2, 0.25) is 5.02 Å². The molecular formula is C35H40ClF3N4O5S2. The predicted molar refractivity (Wildman–Crippen MR) is 185 cm³/mol. The zero-order chi connectivity index (χ0) is 37.2. The van der Waals surface area contributed by atoms with E-state index >= 15 is 8.78 Å². The highest BCUT2D eigenvalue weighted by atomic mass is 35.5. The van der Waals surface area contributed by atoms with Crippen molar-refractivity contribution in [3.05, 3.63) is 100 Å². The van der Waals surface area contributed by atoms with Crippen molar-refractivity contribution < 1.29 is 40.7 Å². The van der Waals surface area contributed by atoms with E-state index in [0.717, 1.165) is 24.4 Å². The summed E-state index contributed by atoms with van der Waals surface area (Å²) in [6.45, 7) is 4.47. The number of benzene rings is 3. The van der Waals surface area contributed by atoms with Gasteiger partial charge in [-0.05, 0) is 66.9 Å². The molecule has 50 heavy (non-hydrogen) atoms. The number of carbonyl (C=O) groups is 1. The Kier molecular flexibility index (Phi) is 12.0. The molecule has 0 saturated carbocycles. The second kappa shape index (κ2) is 15.4. The van der Waals surface area contributed by atoms with E-state index in [0.29, 0.717) is 61.2 Å². The summed E-state index contributed by atoms with van der Waals surface area (Å²) in [5.74, 6) is -4.14. The highest BCUT2D eigenvalue weighted by Crippen LogP contribution is 2.39. The second-order valence-electron chi connectivity index (χ2n) is 13.4. The molecule has 9 nitrogen and oxygen atoms in total. The summed E-state index contributed by atoms with van der Waals surface area (Å²) >= 11 is 7.26. The molecule has 0 radical (unpaired) electrons. The number of carboxylic acid groups (broad SMARTS) is 1. The molecule has 3 aromatic carbocycles. The van der Waals surface area contributed by atoms with Gasteiger partial charge in [0.05, 0.1) is 68.6 Å². The summed E-state index contributed by atoms with van der Waals surface area (Å²) < 4.78 is 80.0. The van der Waals surface area contributed by atoms with Crippen molar-refractivity contribution in [1.29, 1.82) is 0 Å². The number of methoxy groups -OCH3 is 1. The van der Waals surface area contributed by atoms with E-state index in [1.54, 1.807) is 35.0 Å². The molecule has 15 heteroatoms. The minimum atomic E-state index is -4.62. The van der Waals surface area contributed by atoms with Crippen LogP contribution in [0.4, 0.5) is 13.2 Å². The number of hydrogen-bond donors (Lipinski definition) is 0. The first-order valence-corrected chi connectivity index (χ1v) is 18.4. The fraction of sp³-hybridized carbons (Fsp3) is 0.371. The van der Waals surface area contributed by atoms with Crippen molar-refractivity contribution in [2.45, 2.75) is 54.0 Å². The van der Waals surface area contributed by atoms with Gasteiger partial charge in [0.25, 0.3) is 0 Å². The van der Waals surface area contributed by atoms with Crippen LogP contribution < -0.4 is 9.84 Å². The van der Waals surface area contributed by atoms with Crippen LogP contribution >= 0.6 is 23.4 Å². The summed E-state index contributed by atoms with van der Waals surface area (Å²) in [7, 11) is 3.68. The molecule has 0 saturated heterocycles. The van der Waals surface area contributed by atoms with Crippen LogP contribution in [0.3, 0.4) is 0 Å². The van der Waals surface area contributed by atoms with Crippen molar-refractivity contribution >= 4 is 39.4 Å². The number of ether oxygens (including phenoxy) is 1. The monoisotopic (exact) mass is 752 g/mol. The van der Waals surface area contributed by atoms with E-state index in [-0.39, 0.29) is 12.2 Å². The van der Waals surface area contributed by atoms with Crippen LogP contribution in [0.5, 0.6) is 5.75 Å². The average Bonchev–Trinajstić information content (AvgIpc) is 3.47. The first-order valence-electron chi connectivity index (χ1n) is 15.6. The molecule has 0 fully saturated rings. The number of carbonyl (C=O) groups excluding carboxylic acids is 1. The Hall–Kier alpha value is -3.56. The van der Waals surface area contributed by atoms with E-state index in [4.69, 9.17) is 16.3 Å². The minimum absolute atomic E-state index is 0.0433. The lowest BCUT2D eigenvalue weighted by molar-refractivity contribution is -0.870. The Morgan fingerprint density at radius 2 is 1.70 bits per heavy atom. The van der Waals surface area contributed by atoms with Crippen molar-refractivity contribution in [1.82, 2.24) is 13.9 Å². The largest absolute Gasteiger partial charge is 0.548 e. The molecule has 4 aromatic rings. The number of carboxylic acids is 1. The summed E-state index contributed by atoms with van der Waals surface area (Å²) in [6, 6.07) is 10.9. The minimum Gasteiger partial charge on any atom is -0.548 e. The number of quaternary nitrogens is 1. The summed E-state index contributed by atoms with van der Waals surface area (Å²) in [6.07, 6.45) is 1.96. The number of sulfonamides is 1. The number of hydrogen-bond acceptors (Lipinski definition) is 7. The van der Waals surface area contributed by atoms with Gasteiger partial charge in [-0.1, -0.05) is 43.3 Å². The Morgan fingerprint density at radius 3 is 2.26 bits per heavy atom. The molecule has 0 unspecified atom stereocenters. The van der Waals surface area contributed by atoms with Crippen molar-refractivity contribution in [2.24, 2.45) is 0 Å². The van der Waals surface area contributed by atoms with Crippen LogP contribution in [-0.2, 0) is 26.0 Å². The Labute approximate surface area is 300 Å². The molecule has 0 aliphatic carbocycles. The van der Waals surface area contributed by atoms with Gasteiger partial charge in [0.15, 0.2) is 5.16 Å². The fourth-order valence-corrected chi connectivity index (χ4v) is 8.03. The van der Waals surface area contributed by atoms with Gasteiger partial charge in [0, 0.05) is 29.5 Å². The zero-order valence-electron chi connectivity index (χ0n) is 28.8. The topological polar surface area (TPSA) is 105 Å². The third kappa shape index (κ3) is 8.65. The van der Waals surface area contributed by atoms with Gasteiger partial charge < -0.3 is 19.1 Å². The van der Waals surface area contributed by atoms with Crippen molar-refractivity contribution in [2.75, 3.05) is 41.8 Å². The maximum atomic E-state index is 15.5. The van der Waals surface area contributed by atoms with Crippen LogP contribution in [0.1, 0.15) is 43.5 Å². The van der Waals surface area contributed by atoms with E-state index in [9.17, 15) is 22.7 Å². The molecule has 270 valence electrons. The number of rotatable bonds is 15. The van der Waals surface area contributed by atoms with Gasteiger partial charge >= 0.3 is 0 Å². The average molecular weight is 753 g/mol. The van der Waals surface area contributed by atoms with E-state index in [1.807, 2.05) is 41.1 Å². The molecule has 1 aromatic heterocycles. The standard InChI is InChI=1S/C35H40ClF3N4O5S2/c1-35(2,22-10-15-27(36)31(17-22)48-7)32-20-40-34(42(32)24-13-11-23(37)12-14-24)49-21-26-28(38)18-25(19-29(26)39)50(46,47)41(3)30(33(44)45)9-8-16-43(4,5)6/h10-15,17-20,30H,8-9,16,21H2,1-7H3/t30-/m1/s1. The third-order valence-electron chi connectivity index (χ3n) is 8.48. The molecule has 1 heterocycles. The lowest BCUT2D eigenvalue weighted by Crippen LogP contribution is -2.49. The number of likely N-dealkylation sites (N-methyl/N-ethyl adjacent to an activating group) is 1. The lowest BCUT2D eigenvalue weighted by Gasteiger charge is -2.30. The number of nitrogens with zero attached hydrogens (tertiary/aromatic N) is 4. The Morgan fingerprint density at radius 1 is 1.08 bits per heavy atom. The SMILES string of the molecule is COc1cc(C(C)(C)c2cnc(SCc3c(F)cc(S(=O)(=O)N(C)[C@H](CCC[N+](C)(C)C)C(=O)[O-])cc3F)n2-c2ccc(F)cc2)ccc1Cl. The number of aromatic nitrogens is 2. The van der Waals surface area contributed by atoms with Crippen LogP contribution in [0, 0.1) is 17.5 Å². The highest BCUT2D eigenvalue weighted by Gasteiger charge is 2.33. The van der Waals surface area contributed by atoms with Crippen LogP contribution in [0.15, 0.2) is 70.8 Å². The van der Waals surface area contributed by atoms with E-state index < -0.39 is 55.4 Å². The maximum absolute atomic E-state index is 15.5. The van der Waals surface area contributed by atoms with Crippen LogP contribution in [-0.4, -0.2) is 80.6 Å². The van der Waals surface area contributed by atoms with Gasteiger partial charge in [-0.25, -0.2) is 26.6 Å². The summed E-state index contributed by atoms with van der Waals surface area (Å²) in [5.41, 5.74) is 0.917. The molecule has 0 spiro atoms. The first-order chi connectivity index (χ1) is 23.3. The van der Waals surface area contributed by atoms with Crippen molar-refractivity contribution in [3.8, 4) is 11.4 Å². The van der Waals surface area contributed by atoms with Gasteiger partial charge in [-0.2, -0.15) is 4.31 Å². The normalized spacial score (nSPS) is 13.1. The summed E-state index contributed by atoms with van der Waals surface area (Å²) in [4.78, 5) is 15.7. The third-order valence-corrected chi connectivity index (χ3v) is 11.6. The Balaban J connectivity index is 1.66. The molecule has 0 aliphatic heterocycles. The number of halogens is 4. The van der Waals surface area contributed by atoms with Gasteiger partial charge in [-0.3, -0.25) is 4.57 Å². The lowest BCUT2D eigenvalue weighted by atomic mass is 9.81. The molecule has 0 amide bonds. The van der Waals surface area contributed by atoms with Crippen LogP contribution in [0.25, 0.3) is 5.69 Å². The van der Waals surface area contributed by atoms with Gasteiger partial charge in [-0.15, -0.1) is 0 Å². The molecular weight excluding hydrogens is 713 g/mol. The van der Waals surface area contributed by atoms with E-state index in [1.165, 1.54) is 19.2 Å². The number of thioether (sulfide) groups is 1. The molecule has 4 rings (SSSR count). The zero-order valence-corrected chi connectivity index (χ0v) is 31.2. The van der Waals surface area contributed by atoms with E-state index in [2.05, 4.69) is 4.98 Å². The molecule has 0 bridgehead atoms. The molecule has 0 aliphatic rings. The molecule has 0 N–H and O–H groups in total. The number of aliphatic carboxylic acids is 1. The summed E-state index contributed by atoms with van der Waals surface area (Å²) in [5, 5.41) is 12.7. The molecule has 1 atom stereocenters. The first kappa shape index (κ1) is 39.2. The maximum Gasteiger partial charge on any atom is 0.243 e. The fourth-order valence-electron chi connectivity index (χ4n) is 5.46. The van der Waals surface area contributed by atoms with Gasteiger partial charge in [0.1, 0.15) is 23.2 Å².